The van der Waals surface area contributed by atoms with Gasteiger partial charge in [-0.05, 0) is 70.1 Å². The van der Waals surface area contributed by atoms with E-state index >= 15 is 0 Å². The zero-order chi connectivity index (χ0) is 21.4. The lowest BCUT2D eigenvalue weighted by Crippen LogP contribution is -2.30. The minimum absolute atomic E-state index is 0.281. The quantitative estimate of drug-likeness (QED) is 0.474. The summed E-state index contributed by atoms with van der Waals surface area (Å²) in [5.41, 5.74) is 8.32. The predicted molar refractivity (Wildman–Crippen MR) is 127 cm³/mol. The van der Waals surface area contributed by atoms with Crippen molar-refractivity contribution in [3.8, 4) is 16.9 Å². The van der Waals surface area contributed by atoms with Gasteiger partial charge in [-0.1, -0.05) is 100.0 Å². The Balaban J connectivity index is 1.83. The summed E-state index contributed by atoms with van der Waals surface area (Å²) in [5.74, 6) is 0.312. The van der Waals surface area contributed by atoms with Gasteiger partial charge in [0, 0.05) is 0 Å². The molecule has 0 saturated heterocycles. The highest BCUT2D eigenvalue weighted by molar-refractivity contribution is 5.83. The van der Waals surface area contributed by atoms with E-state index in [0.29, 0.717) is 5.75 Å². The summed E-state index contributed by atoms with van der Waals surface area (Å²) in [6, 6.07) is 27.2. The normalized spacial score (nSPS) is 17.5. The van der Waals surface area contributed by atoms with E-state index in [4.69, 9.17) is 0 Å². The van der Waals surface area contributed by atoms with Gasteiger partial charge in [0.05, 0.1) is 0 Å². The van der Waals surface area contributed by atoms with Crippen LogP contribution in [0.2, 0.25) is 0 Å². The maximum absolute atomic E-state index is 9.83. The molecule has 1 heteroatoms. The molecule has 1 nitrogen and oxygen atoms in total. The Morgan fingerprint density at radius 1 is 0.633 bits per heavy atom. The maximum atomic E-state index is 9.83. The average molecular weight is 397 g/mol. The van der Waals surface area contributed by atoms with Gasteiger partial charge in [0.25, 0.3) is 0 Å². The fourth-order valence-electron chi connectivity index (χ4n) is 5.48. The monoisotopic (exact) mass is 396 g/mol. The van der Waals surface area contributed by atoms with Gasteiger partial charge in [0.2, 0.25) is 0 Å². The van der Waals surface area contributed by atoms with Gasteiger partial charge >= 0.3 is 0 Å². The molecule has 0 atom stereocenters. The molecule has 3 aromatic rings. The first-order chi connectivity index (χ1) is 14.2. The van der Waals surface area contributed by atoms with Crippen LogP contribution in [0.4, 0.5) is 0 Å². The lowest BCUT2D eigenvalue weighted by atomic mass is 9.62. The molecule has 1 aliphatic carbocycles. The minimum Gasteiger partial charge on any atom is -0.508 e. The number of aromatic hydroxyl groups is 1. The molecule has 1 fully saturated rings. The van der Waals surface area contributed by atoms with Gasteiger partial charge in [-0.3, -0.25) is 0 Å². The van der Waals surface area contributed by atoms with E-state index in [9.17, 15) is 5.11 Å². The molecular formula is C29H32O. The Bertz CT molecular complexity index is 1020. The Labute approximate surface area is 181 Å². The standard InChI is InChI=1S/C29H32O/c1-28(2)18-25(19-29(3,4)20-28)27(24-14-16-26(30)17-15-24)23-12-10-22(11-13-23)21-8-6-5-7-9-21/h5-17,30H,18-20H2,1-4H3. The number of benzene rings is 3. The molecule has 1 aliphatic rings. The van der Waals surface area contributed by atoms with Crippen molar-refractivity contribution in [3.63, 3.8) is 0 Å². The molecule has 0 radical (unpaired) electrons. The second-order valence-electron chi connectivity index (χ2n) is 10.3. The molecular weight excluding hydrogens is 364 g/mol. The van der Waals surface area contributed by atoms with Gasteiger partial charge < -0.3 is 5.11 Å². The smallest absolute Gasteiger partial charge is 0.115 e. The molecule has 0 aromatic heterocycles. The molecule has 3 aromatic carbocycles. The largest absolute Gasteiger partial charge is 0.508 e. The Kier molecular flexibility index (Phi) is 5.32. The predicted octanol–water partition coefficient (Wildman–Crippen LogP) is 8.10. The molecule has 0 aliphatic heterocycles. The first-order valence-electron chi connectivity index (χ1n) is 10.9. The van der Waals surface area contributed by atoms with Crippen molar-refractivity contribution in [2.24, 2.45) is 10.8 Å². The lowest BCUT2D eigenvalue weighted by Gasteiger charge is -2.43. The zero-order valence-corrected chi connectivity index (χ0v) is 18.6. The van der Waals surface area contributed by atoms with Crippen molar-refractivity contribution in [3.05, 3.63) is 95.6 Å². The fraction of sp³-hybridized carbons (Fsp3) is 0.310. The molecule has 1 N–H and O–H groups in total. The van der Waals surface area contributed by atoms with Crippen LogP contribution < -0.4 is 0 Å². The molecule has 0 unspecified atom stereocenters. The van der Waals surface area contributed by atoms with Gasteiger partial charge in [0.15, 0.2) is 0 Å². The molecule has 4 rings (SSSR count). The highest BCUT2D eigenvalue weighted by atomic mass is 16.3. The molecule has 0 spiro atoms. The van der Waals surface area contributed by atoms with Crippen molar-refractivity contribution >= 4 is 5.57 Å². The third kappa shape index (κ3) is 4.51. The second kappa shape index (κ2) is 7.80. The third-order valence-corrected chi connectivity index (χ3v) is 6.13. The lowest BCUT2D eigenvalue weighted by molar-refractivity contribution is 0.154. The highest BCUT2D eigenvalue weighted by Gasteiger charge is 2.37. The number of rotatable bonds is 3. The van der Waals surface area contributed by atoms with Crippen LogP contribution in [0.3, 0.4) is 0 Å². The Morgan fingerprint density at radius 3 is 1.63 bits per heavy atom. The van der Waals surface area contributed by atoms with Crippen LogP contribution in [-0.4, -0.2) is 5.11 Å². The van der Waals surface area contributed by atoms with E-state index in [-0.39, 0.29) is 10.8 Å². The van der Waals surface area contributed by atoms with Crippen LogP contribution in [0.25, 0.3) is 16.7 Å². The van der Waals surface area contributed by atoms with E-state index in [1.807, 2.05) is 0 Å². The van der Waals surface area contributed by atoms with Crippen molar-refractivity contribution in [2.75, 3.05) is 0 Å². The van der Waals surface area contributed by atoms with Gasteiger partial charge in [-0.15, -0.1) is 0 Å². The van der Waals surface area contributed by atoms with Crippen molar-refractivity contribution in [2.45, 2.75) is 47.0 Å². The van der Waals surface area contributed by atoms with Crippen molar-refractivity contribution in [1.82, 2.24) is 0 Å². The third-order valence-electron chi connectivity index (χ3n) is 6.13. The molecule has 0 bridgehead atoms. The first-order valence-corrected chi connectivity index (χ1v) is 10.9. The first kappa shape index (κ1) is 20.5. The number of hydrogen-bond acceptors (Lipinski definition) is 1. The Hall–Kier alpha value is -2.80. The summed E-state index contributed by atoms with van der Waals surface area (Å²) < 4.78 is 0. The SMILES string of the molecule is CC1(C)CC(=C(c2ccc(O)cc2)c2ccc(-c3ccccc3)cc2)CC(C)(C)C1. The van der Waals surface area contributed by atoms with Crippen LogP contribution in [0.15, 0.2) is 84.4 Å². The van der Waals surface area contributed by atoms with Crippen LogP contribution in [0.1, 0.15) is 58.1 Å². The highest BCUT2D eigenvalue weighted by Crippen LogP contribution is 2.51. The van der Waals surface area contributed by atoms with Crippen LogP contribution in [0, 0.1) is 10.8 Å². The number of allylic oxidation sites excluding steroid dienone is 1. The van der Waals surface area contributed by atoms with E-state index in [1.54, 1.807) is 12.1 Å². The van der Waals surface area contributed by atoms with E-state index in [1.165, 1.54) is 39.8 Å². The van der Waals surface area contributed by atoms with Crippen LogP contribution >= 0.6 is 0 Å². The topological polar surface area (TPSA) is 20.2 Å². The van der Waals surface area contributed by atoms with Crippen molar-refractivity contribution < 1.29 is 5.11 Å². The minimum atomic E-state index is 0.281. The van der Waals surface area contributed by atoms with Gasteiger partial charge in [-0.25, -0.2) is 0 Å². The summed E-state index contributed by atoms with van der Waals surface area (Å²) in [6.45, 7) is 9.56. The number of phenolic OH excluding ortho intramolecular Hbond substituents is 1. The number of phenols is 1. The summed E-state index contributed by atoms with van der Waals surface area (Å²) in [7, 11) is 0. The molecule has 0 amide bonds. The molecule has 154 valence electrons. The molecule has 30 heavy (non-hydrogen) atoms. The second-order valence-corrected chi connectivity index (χ2v) is 10.3. The summed E-state index contributed by atoms with van der Waals surface area (Å²) in [5, 5.41) is 9.83. The van der Waals surface area contributed by atoms with Crippen LogP contribution in [0.5, 0.6) is 5.75 Å². The van der Waals surface area contributed by atoms with E-state index in [0.717, 1.165) is 12.8 Å². The van der Waals surface area contributed by atoms with E-state index in [2.05, 4.69) is 94.4 Å². The van der Waals surface area contributed by atoms with Crippen LogP contribution in [-0.2, 0) is 0 Å². The zero-order valence-electron chi connectivity index (χ0n) is 18.6. The summed E-state index contributed by atoms with van der Waals surface area (Å²) in [6.07, 6.45) is 3.44. The number of hydrogen-bond donors (Lipinski definition) is 1. The van der Waals surface area contributed by atoms with E-state index < -0.39 is 0 Å². The maximum Gasteiger partial charge on any atom is 0.115 e. The van der Waals surface area contributed by atoms with Gasteiger partial charge in [-0.2, -0.15) is 0 Å². The molecule has 0 heterocycles. The summed E-state index contributed by atoms with van der Waals surface area (Å²) >= 11 is 0. The van der Waals surface area contributed by atoms with Crippen molar-refractivity contribution in [1.29, 1.82) is 0 Å². The Morgan fingerprint density at radius 2 is 1.10 bits per heavy atom. The fourth-order valence-corrected chi connectivity index (χ4v) is 5.48. The summed E-state index contributed by atoms with van der Waals surface area (Å²) in [4.78, 5) is 0. The van der Waals surface area contributed by atoms with Gasteiger partial charge in [0.1, 0.15) is 5.75 Å². The molecule has 1 saturated carbocycles. The average Bonchev–Trinajstić information content (AvgIpc) is 2.69.